The molecule has 2 aromatic carbocycles. The molecule has 1 heterocycles. The van der Waals surface area contributed by atoms with E-state index in [9.17, 15) is 19.1 Å². The van der Waals surface area contributed by atoms with E-state index in [1.165, 1.54) is 12.1 Å². The van der Waals surface area contributed by atoms with Gasteiger partial charge in [0, 0.05) is 13.0 Å². The largest absolute Gasteiger partial charge is 0.480 e. The Labute approximate surface area is 149 Å². The van der Waals surface area contributed by atoms with E-state index >= 15 is 0 Å². The number of aliphatic carboxylic acids is 1. The van der Waals surface area contributed by atoms with E-state index in [4.69, 9.17) is 9.84 Å². The number of hydrogen-bond acceptors (Lipinski definition) is 5. The van der Waals surface area contributed by atoms with Crippen LogP contribution in [0.4, 0.5) is 4.39 Å². The first-order chi connectivity index (χ1) is 12.4. The number of β-amino-alcohol motifs (C(OH)–C–C–N with tert-alkyl or cyclic N) is 1. The van der Waals surface area contributed by atoms with Gasteiger partial charge >= 0.3 is 11.9 Å². The van der Waals surface area contributed by atoms with E-state index in [-0.39, 0.29) is 25.4 Å². The van der Waals surface area contributed by atoms with Gasteiger partial charge in [0.25, 0.3) is 0 Å². The molecule has 7 heteroatoms. The second-order valence-corrected chi connectivity index (χ2v) is 6.36. The van der Waals surface area contributed by atoms with Crippen molar-refractivity contribution in [1.29, 1.82) is 0 Å². The Kier molecular flexibility index (Phi) is 5.01. The van der Waals surface area contributed by atoms with Gasteiger partial charge in [0.1, 0.15) is 24.1 Å². The number of aliphatic hydroxyl groups is 1. The lowest BCUT2D eigenvalue weighted by Gasteiger charge is -2.20. The molecule has 1 aliphatic rings. The van der Waals surface area contributed by atoms with E-state index in [2.05, 4.69) is 5.32 Å². The van der Waals surface area contributed by atoms with E-state index < -0.39 is 23.6 Å². The number of carbonyl (C=O) groups excluding carboxylic acids is 1. The number of carboxylic acids is 1. The predicted molar refractivity (Wildman–Crippen MR) is 91.1 cm³/mol. The van der Waals surface area contributed by atoms with Crippen molar-refractivity contribution in [1.82, 2.24) is 5.32 Å². The van der Waals surface area contributed by atoms with Crippen molar-refractivity contribution in [2.75, 3.05) is 13.2 Å². The Balaban J connectivity index is 1.60. The molecule has 1 fully saturated rings. The summed E-state index contributed by atoms with van der Waals surface area (Å²) in [6, 6.07) is 11.8. The van der Waals surface area contributed by atoms with Crippen LogP contribution in [-0.2, 0) is 9.53 Å². The summed E-state index contributed by atoms with van der Waals surface area (Å²) in [5.74, 6) is -1.98. The maximum atomic E-state index is 13.0. The molecule has 0 amide bonds. The highest BCUT2D eigenvalue weighted by Crippen LogP contribution is 2.22. The maximum Gasteiger partial charge on any atom is 0.338 e. The molecule has 1 aliphatic heterocycles. The first-order valence-corrected chi connectivity index (χ1v) is 8.08. The molecule has 26 heavy (non-hydrogen) atoms. The quantitative estimate of drug-likeness (QED) is 0.705. The van der Waals surface area contributed by atoms with Crippen LogP contribution in [-0.4, -0.2) is 46.9 Å². The highest BCUT2D eigenvalue weighted by Gasteiger charge is 2.41. The summed E-state index contributed by atoms with van der Waals surface area (Å²) in [6.45, 7) is -0.247. The number of hydrogen-bond donors (Lipinski definition) is 3. The van der Waals surface area contributed by atoms with Gasteiger partial charge in [-0.3, -0.25) is 4.79 Å². The summed E-state index contributed by atoms with van der Waals surface area (Å²) in [4.78, 5) is 23.0. The number of carbonyl (C=O) groups is 2. The Morgan fingerprint density at radius 1 is 1.12 bits per heavy atom. The second-order valence-electron chi connectivity index (χ2n) is 6.36. The lowest BCUT2D eigenvalue weighted by molar-refractivity contribution is -0.139. The van der Waals surface area contributed by atoms with Gasteiger partial charge in [0.15, 0.2) is 0 Å². The van der Waals surface area contributed by atoms with Gasteiger partial charge in [-0.1, -0.05) is 24.3 Å². The molecule has 136 valence electrons. The van der Waals surface area contributed by atoms with Crippen molar-refractivity contribution >= 4 is 11.9 Å². The summed E-state index contributed by atoms with van der Waals surface area (Å²) in [7, 11) is 0. The third kappa shape index (κ3) is 4.07. The molecule has 3 N–H and O–H groups in total. The van der Waals surface area contributed by atoms with Gasteiger partial charge in [-0.15, -0.1) is 0 Å². The van der Waals surface area contributed by atoms with Gasteiger partial charge in [-0.2, -0.15) is 0 Å². The van der Waals surface area contributed by atoms with Crippen molar-refractivity contribution in [2.45, 2.75) is 18.1 Å². The van der Waals surface area contributed by atoms with Crippen molar-refractivity contribution < 1.29 is 28.9 Å². The fraction of sp³-hybridized carbons (Fsp3) is 0.263. The molecule has 0 spiro atoms. The zero-order chi connectivity index (χ0) is 18.7. The Hall–Kier alpha value is -2.77. The van der Waals surface area contributed by atoms with Crippen molar-refractivity contribution in [3.63, 3.8) is 0 Å². The van der Waals surface area contributed by atoms with E-state index in [1.54, 1.807) is 36.4 Å². The average Bonchev–Trinajstić information content (AvgIpc) is 3.04. The lowest BCUT2D eigenvalue weighted by atomic mass is 10.0. The summed E-state index contributed by atoms with van der Waals surface area (Å²) >= 11 is 0. The van der Waals surface area contributed by atoms with E-state index in [0.717, 1.165) is 11.1 Å². The molecule has 0 bridgehead atoms. The minimum absolute atomic E-state index is 0.0287. The number of nitrogens with one attached hydrogen (secondary N) is 1. The smallest absolute Gasteiger partial charge is 0.338 e. The molecule has 2 atom stereocenters. The van der Waals surface area contributed by atoms with E-state index in [1.807, 2.05) is 0 Å². The van der Waals surface area contributed by atoms with E-state index in [0.29, 0.717) is 5.56 Å². The molecule has 0 unspecified atom stereocenters. The highest BCUT2D eigenvalue weighted by atomic mass is 19.1. The number of carboxylic acid groups (broad SMARTS) is 1. The van der Waals surface area contributed by atoms with Crippen LogP contribution in [0.2, 0.25) is 0 Å². The van der Waals surface area contributed by atoms with Crippen LogP contribution in [0.3, 0.4) is 0 Å². The molecule has 2 aromatic rings. The van der Waals surface area contributed by atoms with Crippen LogP contribution in [0.25, 0.3) is 11.1 Å². The standard InChI is InChI=1S/C19H18FNO5/c20-15-7-5-13(6-8-15)12-1-3-14(4-2-12)18(24)26-11-19(25)9-16(17(22)23)21-10-19/h1-8,16,21,25H,9-11H2,(H,22,23)/t16-,19+/m0/s1. The Morgan fingerprint density at radius 2 is 1.69 bits per heavy atom. The summed E-state index contributed by atoms with van der Waals surface area (Å²) in [5, 5.41) is 21.9. The number of esters is 1. The predicted octanol–water partition coefficient (Wildman–Crippen LogP) is 1.83. The fourth-order valence-corrected chi connectivity index (χ4v) is 2.85. The zero-order valence-electron chi connectivity index (χ0n) is 13.8. The van der Waals surface area contributed by atoms with Crippen LogP contribution in [0, 0.1) is 5.82 Å². The van der Waals surface area contributed by atoms with Gasteiger partial charge in [-0.05, 0) is 35.4 Å². The number of rotatable bonds is 5. The molecule has 0 aliphatic carbocycles. The molecular formula is C19H18FNO5. The monoisotopic (exact) mass is 359 g/mol. The molecule has 3 rings (SSSR count). The molecular weight excluding hydrogens is 341 g/mol. The van der Waals surface area contributed by atoms with Crippen molar-refractivity contribution in [3.8, 4) is 11.1 Å². The molecule has 0 aromatic heterocycles. The number of benzene rings is 2. The minimum atomic E-state index is -1.40. The molecule has 1 saturated heterocycles. The molecule has 6 nitrogen and oxygen atoms in total. The number of halogens is 1. The first-order valence-electron chi connectivity index (χ1n) is 8.08. The summed E-state index contributed by atoms with van der Waals surface area (Å²) in [6.07, 6.45) is -0.0287. The van der Waals surface area contributed by atoms with Crippen LogP contribution in [0.5, 0.6) is 0 Å². The summed E-state index contributed by atoms with van der Waals surface area (Å²) < 4.78 is 18.1. The topological polar surface area (TPSA) is 95.9 Å². The number of ether oxygens (including phenoxy) is 1. The van der Waals surface area contributed by atoms with Crippen molar-refractivity contribution in [2.24, 2.45) is 0 Å². The average molecular weight is 359 g/mol. The lowest BCUT2D eigenvalue weighted by Crippen LogP contribution is -2.37. The summed E-state index contributed by atoms with van der Waals surface area (Å²) in [5.41, 5.74) is 0.550. The minimum Gasteiger partial charge on any atom is -0.480 e. The SMILES string of the molecule is O=C(OC[C@]1(O)CN[C@H](C(=O)O)C1)c1ccc(-c2ccc(F)cc2)cc1. The third-order valence-electron chi connectivity index (χ3n) is 4.33. The van der Waals surface area contributed by atoms with Gasteiger partial charge in [-0.25, -0.2) is 9.18 Å². The van der Waals surface area contributed by atoms with Gasteiger partial charge in [0.2, 0.25) is 0 Å². The highest BCUT2D eigenvalue weighted by molar-refractivity contribution is 5.90. The maximum absolute atomic E-state index is 13.0. The van der Waals surface area contributed by atoms with Crippen molar-refractivity contribution in [3.05, 3.63) is 59.9 Å². The third-order valence-corrected chi connectivity index (χ3v) is 4.33. The second kappa shape index (κ2) is 7.23. The first kappa shape index (κ1) is 18.0. The Bertz CT molecular complexity index is 806. The van der Waals surface area contributed by atoms with Crippen LogP contribution in [0.15, 0.2) is 48.5 Å². The fourth-order valence-electron chi connectivity index (χ4n) is 2.85. The van der Waals surface area contributed by atoms with Crippen LogP contribution >= 0.6 is 0 Å². The van der Waals surface area contributed by atoms with Gasteiger partial charge in [0.05, 0.1) is 5.56 Å². The normalized spacial score (nSPS) is 22.2. The molecule has 0 radical (unpaired) electrons. The van der Waals surface area contributed by atoms with Gasteiger partial charge < -0.3 is 20.3 Å². The van der Waals surface area contributed by atoms with Crippen LogP contribution in [0.1, 0.15) is 16.8 Å². The van der Waals surface area contributed by atoms with Crippen LogP contribution < -0.4 is 5.32 Å². The Morgan fingerprint density at radius 3 is 2.23 bits per heavy atom. The molecule has 0 saturated carbocycles. The zero-order valence-corrected chi connectivity index (χ0v) is 13.8.